The highest BCUT2D eigenvalue weighted by Crippen LogP contribution is 2.31. The lowest BCUT2D eigenvalue weighted by Gasteiger charge is -2.10. The molecule has 4 nitrogen and oxygen atoms in total. The second-order valence-corrected chi connectivity index (χ2v) is 5.09. The molecule has 104 valence electrons. The number of nitrogen functional groups attached to an aromatic ring is 1. The minimum absolute atomic E-state index is 0.0577. The molecule has 2 aromatic carbocycles. The smallest absolute Gasteiger partial charge is 0.259 e. The van der Waals surface area contributed by atoms with Gasteiger partial charge in [-0.1, -0.05) is 35.3 Å². The van der Waals surface area contributed by atoms with Crippen molar-refractivity contribution in [2.24, 2.45) is 0 Å². The minimum Gasteiger partial charge on any atom is -0.507 e. The van der Waals surface area contributed by atoms with E-state index in [-0.39, 0.29) is 27.0 Å². The number of hydrogen-bond acceptors (Lipinski definition) is 3. The molecule has 0 aliphatic rings. The SMILES string of the molecule is Cc1cccc(C(=O)Nc2cc(Cl)c(N)c(Cl)c2)c1O. The van der Waals surface area contributed by atoms with Gasteiger partial charge in [-0.25, -0.2) is 0 Å². The molecule has 4 N–H and O–H groups in total. The summed E-state index contributed by atoms with van der Waals surface area (Å²) in [7, 11) is 0. The van der Waals surface area contributed by atoms with E-state index in [9.17, 15) is 9.90 Å². The number of rotatable bonds is 2. The first-order valence-corrected chi connectivity index (χ1v) is 6.50. The minimum atomic E-state index is -0.455. The molecule has 0 spiro atoms. The van der Waals surface area contributed by atoms with Crippen LogP contribution < -0.4 is 11.1 Å². The maximum atomic E-state index is 12.1. The summed E-state index contributed by atoms with van der Waals surface area (Å²) >= 11 is 11.8. The van der Waals surface area contributed by atoms with Crippen LogP contribution in [0.2, 0.25) is 10.0 Å². The second kappa shape index (κ2) is 5.61. The molecular weight excluding hydrogens is 299 g/mol. The van der Waals surface area contributed by atoms with Gasteiger partial charge in [0.2, 0.25) is 0 Å². The fourth-order valence-corrected chi connectivity index (χ4v) is 2.18. The molecule has 0 saturated carbocycles. The van der Waals surface area contributed by atoms with Gasteiger partial charge in [0.25, 0.3) is 5.91 Å². The average molecular weight is 311 g/mol. The van der Waals surface area contributed by atoms with Gasteiger partial charge in [0, 0.05) is 5.69 Å². The molecule has 0 aliphatic heterocycles. The molecule has 1 amide bonds. The number of phenols is 1. The van der Waals surface area contributed by atoms with Crippen LogP contribution in [0.3, 0.4) is 0 Å². The molecule has 2 aromatic rings. The Kier molecular flexibility index (Phi) is 4.06. The van der Waals surface area contributed by atoms with Crippen LogP contribution in [0.15, 0.2) is 30.3 Å². The summed E-state index contributed by atoms with van der Waals surface area (Å²) in [5.74, 6) is -0.513. The van der Waals surface area contributed by atoms with Crippen molar-refractivity contribution in [2.45, 2.75) is 6.92 Å². The van der Waals surface area contributed by atoms with Crippen LogP contribution in [-0.4, -0.2) is 11.0 Å². The zero-order valence-electron chi connectivity index (χ0n) is 10.6. The number of benzene rings is 2. The molecular formula is C14H12Cl2N2O2. The number of halogens is 2. The highest BCUT2D eigenvalue weighted by atomic mass is 35.5. The molecule has 0 fully saturated rings. The molecule has 0 heterocycles. The van der Waals surface area contributed by atoms with Crippen LogP contribution in [0.25, 0.3) is 0 Å². The zero-order valence-corrected chi connectivity index (χ0v) is 12.1. The first-order chi connectivity index (χ1) is 9.40. The van der Waals surface area contributed by atoms with Crippen molar-refractivity contribution in [3.63, 3.8) is 0 Å². The molecule has 20 heavy (non-hydrogen) atoms. The third kappa shape index (κ3) is 2.81. The van der Waals surface area contributed by atoms with Crippen LogP contribution in [0.4, 0.5) is 11.4 Å². The fraction of sp³-hybridized carbons (Fsp3) is 0.0714. The first kappa shape index (κ1) is 14.5. The standard InChI is InChI=1S/C14H12Cl2N2O2/c1-7-3-2-4-9(13(7)19)14(20)18-8-5-10(15)12(17)11(16)6-8/h2-6,19H,17H2,1H3,(H,18,20). The Morgan fingerprint density at radius 1 is 1.25 bits per heavy atom. The van der Waals surface area contributed by atoms with Gasteiger partial charge < -0.3 is 16.2 Å². The molecule has 0 aliphatic carbocycles. The van der Waals surface area contributed by atoms with Gasteiger partial charge >= 0.3 is 0 Å². The van der Waals surface area contributed by atoms with E-state index < -0.39 is 5.91 Å². The third-order valence-corrected chi connectivity index (χ3v) is 3.44. The molecule has 0 bridgehead atoms. The lowest BCUT2D eigenvalue weighted by atomic mass is 10.1. The maximum Gasteiger partial charge on any atom is 0.259 e. The van der Waals surface area contributed by atoms with Crippen molar-refractivity contribution in [2.75, 3.05) is 11.1 Å². The van der Waals surface area contributed by atoms with Gasteiger partial charge in [-0.2, -0.15) is 0 Å². The number of aromatic hydroxyl groups is 1. The van der Waals surface area contributed by atoms with Crippen molar-refractivity contribution >= 4 is 40.5 Å². The number of nitrogens with two attached hydrogens (primary N) is 1. The van der Waals surface area contributed by atoms with Gasteiger partial charge in [0.05, 0.1) is 21.3 Å². The zero-order chi connectivity index (χ0) is 14.9. The van der Waals surface area contributed by atoms with Gasteiger partial charge in [0.1, 0.15) is 5.75 Å². The van der Waals surface area contributed by atoms with Crippen molar-refractivity contribution in [3.8, 4) is 5.75 Å². The Balaban J connectivity index is 2.30. The number of para-hydroxylation sites is 1. The van der Waals surface area contributed by atoms with E-state index in [1.165, 1.54) is 18.2 Å². The van der Waals surface area contributed by atoms with Crippen molar-refractivity contribution in [1.82, 2.24) is 0 Å². The summed E-state index contributed by atoms with van der Waals surface area (Å²) in [5.41, 5.74) is 7.07. The van der Waals surface area contributed by atoms with Gasteiger partial charge in [-0.05, 0) is 30.7 Å². The quantitative estimate of drug-likeness (QED) is 0.738. The van der Waals surface area contributed by atoms with Crippen LogP contribution in [0.1, 0.15) is 15.9 Å². The molecule has 0 atom stereocenters. The predicted octanol–water partition coefficient (Wildman–Crippen LogP) is 3.84. The molecule has 0 unspecified atom stereocenters. The monoisotopic (exact) mass is 310 g/mol. The highest BCUT2D eigenvalue weighted by Gasteiger charge is 2.14. The summed E-state index contributed by atoms with van der Waals surface area (Å²) < 4.78 is 0. The molecule has 2 rings (SSSR count). The predicted molar refractivity (Wildman–Crippen MR) is 81.7 cm³/mol. The van der Waals surface area contributed by atoms with Gasteiger partial charge in [-0.3, -0.25) is 4.79 Å². The van der Waals surface area contributed by atoms with Crippen LogP contribution in [0.5, 0.6) is 5.75 Å². The Morgan fingerprint density at radius 3 is 2.45 bits per heavy atom. The number of aryl methyl sites for hydroxylation is 1. The first-order valence-electron chi connectivity index (χ1n) is 5.74. The number of anilines is 2. The van der Waals surface area contributed by atoms with E-state index in [0.717, 1.165) is 0 Å². The Hall–Kier alpha value is -1.91. The lowest BCUT2D eigenvalue weighted by Crippen LogP contribution is -2.12. The van der Waals surface area contributed by atoms with Crippen molar-refractivity contribution in [3.05, 3.63) is 51.5 Å². The molecule has 0 aromatic heterocycles. The number of carbonyl (C=O) groups is 1. The summed E-state index contributed by atoms with van der Waals surface area (Å²) in [6.07, 6.45) is 0. The normalized spacial score (nSPS) is 10.3. The molecule has 0 saturated heterocycles. The Labute approximate surface area is 126 Å². The fourth-order valence-electron chi connectivity index (χ4n) is 1.70. The van der Waals surface area contributed by atoms with Crippen molar-refractivity contribution in [1.29, 1.82) is 0 Å². The van der Waals surface area contributed by atoms with E-state index >= 15 is 0 Å². The highest BCUT2D eigenvalue weighted by molar-refractivity contribution is 6.39. The summed E-state index contributed by atoms with van der Waals surface area (Å²) in [4.78, 5) is 12.1. The Bertz CT molecular complexity index is 664. The summed E-state index contributed by atoms with van der Waals surface area (Å²) in [6.45, 7) is 1.71. The third-order valence-electron chi connectivity index (χ3n) is 2.82. The number of phenolic OH excluding ortho intramolecular Hbond substituents is 1. The van der Waals surface area contributed by atoms with E-state index in [1.807, 2.05) is 0 Å². The maximum absolute atomic E-state index is 12.1. The lowest BCUT2D eigenvalue weighted by molar-refractivity contribution is 0.102. The van der Waals surface area contributed by atoms with Gasteiger partial charge in [0.15, 0.2) is 0 Å². The van der Waals surface area contributed by atoms with E-state index in [4.69, 9.17) is 28.9 Å². The van der Waals surface area contributed by atoms with E-state index in [2.05, 4.69) is 5.32 Å². The van der Waals surface area contributed by atoms with Crippen LogP contribution in [-0.2, 0) is 0 Å². The van der Waals surface area contributed by atoms with E-state index in [0.29, 0.717) is 11.3 Å². The number of hydrogen-bond donors (Lipinski definition) is 3. The topological polar surface area (TPSA) is 75.4 Å². The average Bonchev–Trinajstić information content (AvgIpc) is 2.39. The van der Waals surface area contributed by atoms with E-state index in [1.54, 1.807) is 19.1 Å². The van der Waals surface area contributed by atoms with Crippen LogP contribution in [0, 0.1) is 6.92 Å². The molecule has 0 radical (unpaired) electrons. The number of nitrogens with one attached hydrogen (secondary N) is 1. The summed E-state index contributed by atoms with van der Waals surface area (Å²) in [5, 5.41) is 13.0. The van der Waals surface area contributed by atoms with Crippen LogP contribution >= 0.6 is 23.2 Å². The Morgan fingerprint density at radius 2 is 1.85 bits per heavy atom. The number of carbonyl (C=O) groups excluding carboxylic acids is 1. The molecule has 6 heteroatoms. The largest absolute Gasteiger partial charge is 0.507 e. The van der Waals surface area contributed by atoms with Crippen molar-refractivity contribution < 1.29 is 9.90 Å². The van der Waals surface area contributed by atoms with Gasteiger partial charge in [-0.15, -0.1) is 0 Å². The summed E-state index contributed by atoms with van der Waals surface area (Å²) in [6, 6.07) is 7.91. The number of amides is 1. The second-order valence-electron chi connectivity index (χ2n) is 4.28.